The molecule has 17 heavy (non-hydrogen) atoms. The van der Waals surface area contributed by atoms with Crippen molar-refractivity contribution < 1.29 is 0 Å². The van der Waals surface area contributed by atoms with E-state index >= 15 is 0 Å². The Hall–Kier alpha value is -0.870. The SMILES string of the molecule is CC(C)CCCCNCc1cn(CCN)cn1. The van der Waals surface area contributed by atoms with E-state index in [0.29, 0.717) is 6.54 Å². The van der Waals surface area contributed by atoms with Gasteiger partial charge in [-0.1, -0.05) is 26.7 Å². The minimum Gasteiger partial charge on any atom is -0.336 e. The van der Waals surface area contributed by atoms with Crippen molar-refractivity contribution in [1.82, 2.24) is 14.9 Å². The van der Waals surface area contributed by atoms with Crippen LogP contribution in [0.5, 0.6) is 0 Å². The molecule has 1 aromatic rings. The summed E-state index contributed by atoms with van der Waals surface area (Å²) in [6.45, 7) is 8.00. The van der Waals surface area contributed by atoms with Crippen molar-refractivity contribution in [3.8, 4) is 0 Å². The van der Waals surface area contributed by atoms with Crippen LogP contribution in [-0.2, 0) is 13.1 Å². The lowest BCUT2D eigenvalue weighted by molar-refractivity contribution is 0.519. The highest BCUT2D eigenvalue weighted by molar-refractivity contribution is 4.96. The lowest BCUT2D eigenvalue weighted by Gasteiger charge is -2.05. The second-order valence-corrected chi connectivity index (χ2v) is 4.96. The van der Waals surface area contributed by atoms with E-state index in [1.165, 1.54) is 19.3 Å². The van der Waals surface area contributed by atoms with E-state index < -0.39 is 0 Å². The van der Waals surface area contributed by atoms with Gasteiger partial charge in [0, 0.05) is 25.8 Å². The van der Waals surface area contributed by atoms with Crippen LogP contribution in [0.3, 0.4) is 0 Å². The molecule has 0 atom stereocenters. The summed E-state index contributed by atoms with van der Waals surface area (Å²) < 4.78 is 2.04. The van der Waals surface area contributed by atoms with E-state index in [4.69, 9.17) is 5.73 Å². The zero-order chi connectivity index (χ0) is 12.5. The molecular formula is C13H26N4. The molecule has 0 aliphatic heterocycles. The van der Waals surface area contributed by atoms with Gasteiger partial charge in [-0.2, -0.15) is 0 Å². The van der Waals surface area contributed by atoms with Crippen molar-refractivity contribution in [1.29, 1.82) is 0 Å². The van der Waals surface area contributed by atoms with Gasteiger partial charge in [-0.15, -0.1) is 0 Å². The van der Waals surface area contributed by atoms with E-state index in [0.717, 1.165) is 31.2 Å². The number of imidazole rings is 1. The van der Waals surface area contributed by atoms with Crippen molar-refractivity contribution in [3.63, 3.8) is 0 Å². The van der Waals surface area contributed by atoms with Crippen LogP contribution in [-0.4, -0.2) is 22.6 Å². The predicted octanol–water partition coefficient (Wildman–Crippen LogP) is 1.76. The summed E-state index contributed by atoms with van der Waals surface area (Å²) in [5, 5.41) is 3.42. The maximum absolute atomic E-state index is 5.48. The van der Waals surface area contributed by atoms with Crippen molar-refractivity contribution in [2.75, 3.05) is 13.1 Å². The van der Waals surface area contributed by atoms with Crippen molar-refractivity contribution in [3.05, 3.63) is 18.2 Å². The number of hydrogen-bond donors (Lipinski definition) is 2. The highest BCUT2D eigenvalue weighted by atomic mass is 15.0. The summed E-state index contributed by atoms with van der Waals surface area (Å²) in [4.78, 5) is 4.33. The molecule has 0 aromatic carbocycles. The average molecular weight is 238 g/mol. The predicted molar refractivity (Wildman–Crippen MR) is 71.7 cm³/mol. The van der Waals surface area contributed by atoms with Gasteiger partial charge in [0.05, 0.1) is 12.0 Å². The first-order chi connectivity index (χ1) is 8.22. The molecule has 0 aliphatic rings. The lowest BCUT2D eigenvalue weighted by Crippen LogP contribution is -2.15. The molecule has 0 bridgehead atoms. The minimum absolute atomic E-state index is 0.665. The Kier molecular flexibility index (Phi) is 6.89. The van der Waals surface area contributed by atoms with Gasteiger partial charge < -0.3 is 15.6 Å². The normalized spacial score (nSPS) is 11.3. The van der Waals surface area contributed by atoms with Crippen LogP contribution in [0.2, 0.25) is 0 Å². The Morgan fingerprint density at radius 2 is 2.24 bits per heavy atom. The Labute approximate surface area is 105 Å². The molecule has 0 amide bonds. The molecule has 0 unspecified atom stereocenters. The molecule has 0 radical (unpaired) electrons. The molecule has 1 rings (SSSR count). The molecular weight excluding hydrogens is 212 g/mol. The van der Waals surface area contributed by atoms with Crippen LogP contribution in [0.4, 0.5) is 0 Å². The van der Waals surface area contributed by atoms with Crippen LogP contribution in [0.25, 0.3) is 0 Å². The summed E-state index contributed by atoms with van der Waals surface area (Å²) in [6, 6.07) is 0. The van der Waals surface area contributed by atoms with Gasteiger partial charge in [0.2, 0.25) is 0 Å². The van der Waals surface area contributed by atoms with Gasteiger partial charge in [0.1, 0.15) is 0 Å². The first-order valence-corrected chi connectivity index (χ1v) is 6.63. The molecule has 0 fully saturated rings. The van der Waals surface area contributed by atoms with Gasteiger partial charge in [-0.25, -0.2) is 4.98 Å². The largest absolute Gasteiger partial charge is 0.336 e. The van der Waals surface area contributed by atoms with Crippen molar-refractivity contribution in [2.24, 2.45) is 11.7 Å². The van der Waals surface area contributed by atoms with Crippen LogP contribution in [0.15, 0.2) is 12.5 Å². The Balaban J connectivity index is 2.05. The van der Waals surface area contributed by atoms with E-state index in [2.05, 4.69) is 30.3 Å². The number of nitrogens with zero attached hydrogens (tertiary/aromatic N) is 2. The van der Waals surface area contributed by atoms with Crippen molar-refractivity contribution >= 4 is 0 Å². The maximum Gasteiger partial charge on any atom is 0.0950 e. The first kappa shape index (κ1) is 14.2. The van der Waals surface area contributed by atoms with Crippen LogP contribution in [0.1, 0.15) is 38.8 Å². The first-order valence-electron chi connectivity index (χ1n) is 6.63. The third kappa shape index (κ3) is 6.44. The highest BCUT2D eigenvalue weighted by Gasteiger charge is 1.98. The molecule has 0 saturated heterocycles. The number of nitrogens with one attached hydrogen (secondary N) is 1. The van der Waals surface area contributed by atoms with Gasteiger partial charge in [0.15, 0.2) is 0 Å². The van der Waals surface area contributed by atoms with Crippen LogP contribution in [0, 0.1) is 5.92 Å². The topological polar surface area (TPSA) is 55.9 Å². The molecule has 3 N–H and O–H groups in total. The molecule has 1 aromatic heterocycles. The van der Waals surface area contributed by atoms with Crippen LogP contribution < -0.4 is 11.1 Å². The molecule has 4 nitrogen and oxygen atoms in total. The van der Waals surface area contributed by atoms with E-state index in [-0.39, 0.29) is 0 Å². The van der Waals surface area contributed by atoms with Crippen molar-refractivity contribution in [2.45, 2.75) is 46.2 Å². The average Bonchev–Trinajstić information content (AvgIpc) is 2.71. The zero-order valence-electron chi connectivity index (χ0n) is 11.2. The summed E-state index contributed by atoms with van der Waals surface area (Å²) in [5.41, 5.74) is 6.58. The smallest absolute Gasteiger partial charge is 0.0950 e. The van der Waals surface area contributed by atoms with E-state index in [1.807, 2.05) is 10.9 Å². The summed E-state index contributed by atoms with van der Waals surface area (Å²) in [7, 11) is 0. The fraction of sp³-hybridized carbons (Fsp3) is 0.769. The number of nitrogens with two attached hydrogens (primary N) is 1. The third-order valence-corrected chi connectivity index (χ3v) is 2.77. The molecule has 0 saturated carbocycles. The minimum atomic E-state index is 0.665. The standard InChI is InChI=1S/C13H26N4/c1-12(2)5-3-4-7-15-9-13-10-17(8-6-14)11-16-13/h10-12,15H,3-9,14H2,1-2H3. The maximum atomic E-state index is 5.48. The van der Waals surface area contributed by atoms with E-state index in [1.54, 1.807) is 0 Å². The lowest BCUT2D eigenvalue weighted by atomic mass is 10.1. The molecule has 1 heterocycles. The number of rotatable bonds is 9. The van der Waals surface area contributed by atoms with E-state index in [9.17, 15) is 0 Å². The zero-order valence-corrected chi connectivity index (χ0v) is 11.2. The summed E-state index contributed by atoms with van der Waals surface area (Å²) >= 11 is 0. The Morgan fingerprint density at radius 3 is 2.94 bits per heavy atom. The second kappa shape index (κ2) is 8.25. The van der Waals surface area contributed by atoms with Gasteiger partial charge >= 0.3 is 0 Å². The highest BCUT2D eigenvalue weighted by Crippen LogP contribution is 2.05. The van der Waals surface area contributed by atoms with Gasteiger partial charge in [-0.05, 0) is 18.9 Å². The summed E-state index contributed by atoms with van der Waals surface area (Å²) in [5.74, 6) is 0.821. The fourth-order valence-corrected chi connectivity index (χ4v) is 1.79. The second-order valence-electron chi connectivity index (χ2n) is 4.96. The Bertz CT molecular complexity index is 293. The molecule has 0 spiro atoms. The Morgan fingerprint density at radius 1 is 1.41 bits per heavy atom. The number of hydrogen-bond acceptors (Lipinski definition) is 3. The van der Waals surface area contributed by atoms with Gasteiger partial charge in [0.25, 0.3) is 0 Å². The third-order valence-electron chi connectivity index (χ3n) is 2.77. The molecule has 0 aliphatic carbocycles. The number of aromatic nitrogens is 2. The monoisotopic (exact) mass is 238 g/mol. The molecule has 98 valence electrons. The van der Waals surface area contributed by atoms with Crippen LogP contribution >= 0.6 is 0 Å². The number of unbranched alkanes of at least 4 members (excludes halogenated alkanes) is 1. The van der Waals surface area contributed by atoms with Gasteiger partial charge in [-0.3, -0.25) is 0 Å². The quantitative estimate of drug-likeness (QED) is 0.645. The summed E-state index contributed by atoms with van der Waals surface area (Å²) in [6.07, 6.45) is 7.80. The molecule has 4 heteroatoms. The fourth-order valence-electron chi connectivity index (χ4n) is 1.79.